The first-order valence-electron chi connectivity index (χ1n) is 7.46. The van der Waals surface area contributed by atoms with Crippen molar-refractivity contribution in [1.82, 2.24) is 5.32 Å². The molecule has 1 aromatic carbocycles. The van der Waals surface area contributed by atoms with Crippen molar-refractivity contribution < 1.29 is 9.13 Å². The lowest BCUT2D eigenvalue weighted by atomic mass is 9.95. The second-order valence-corrected chi connectivity index (χ2v) is 6.96. The number of hydrogen-bond acceptors (Lipinski definition) is 3. The molecule has 3 rings (SSSR count). The van der Waals surface area contributed by atoms with Crippen LogP contribution < -0.4 is 10.1 Å². The van der Waals surface area contributed by atoms with Gasteiger partial charge in [0.1, 0.15) is 17.7 Å². The van der Waals surface area contributed by atoms with Crippen LogP contribution in [0.2, 0.25) is 0 Å². The normalized spacial score (nSPS) is 29.0. The van der Waals surface area contributed by atoms with Gasteiger partial charge >= 0.3 is 0 Å². The van der Waals surface area contributed by atoms with Crippen molar-refractivity contribution in [3.63, 3.8) is 0 Å². The quantitative estimate of drug-likeness (QED) is 0.920. The number of benzene rings is 1. The summed E-state index contributed by atoms with van der Waals surface area (Å²) in [6.45, 7) is 0.863. The Morgan fingerprint density at radius 1 is 1.40 bits per heavy atom. The highest BCUT2D eigenvalue weighted by Gasteiger charge is 2.26. The lowest BCUT2D eigenvalue weighted by Gasteiger charge is -2.29. The number of thioether (sulfide) groups is 1. The van der Waals surface area contributed by atoms with E-state index in [2.05, 4.69) is 11.6 Å². The summed E-state index contributed by atoms with van der Waals surface area (Å²) in [5.41, 5.74) is 1.00. The second-order valence-electron chi connectivity index (χ2n) is 5.83. The standard InChI is InChI=1S/C16H22FNOS/c1-20-15-4-2-3-13(9-15)18-10-14-8-11-7-12(17)5-6-16(11)19-14/h5-7,13-15,18H,2-4,8-10H2,1H3. The summed E-state index contributed by atoms with van der Waals surface area (Å²) in [7, 11) is 0. The van der Waals surface area contributed by atoms with Crippen molar-refractivity contribution in [2.75, 3.05) is 12.8 Å². The van der Waals surface area contributed by atoms with Crippen LogP contribution in [0.5, 0.6) is 5.75 Å². The molecule has 1 saturated carbocycles. The van der Waals surface area contributed by atoms with Crippen molar-refractivity contribution in [3.05, 3.63) is 29.6 Å². The fraction of sp³-hybridized carbons (Fsp3) is 0.625. The molecule has 1 heterocycles. The molecule has 1 aliphatic heterocycles. The van der Waals surface area contributed by atoms with E-state index < -0.39 is 0 Å². The predicted molar refractivity (Wildman–Crippen MR) is 82.1 cm³/mol. The molecule has 1 aromatic rings. The molecule has 110 valence electrons. The van der Waals surface area contributed by atoms with E-state index in [4.69, 9.17) is 4.74 Å². The summed E-state index contributed by atoms with van der Waals surface area (Å²) in [6, 6.07) is 5.43. The number of ether oxygens (including phenoxy) is 1. The SMILES string of the molecule is CSC1CCCC(NCC2Cc3cc(F)ccc3O2)C1. The molecule has 4 heteroatoms. The van der Waals surface area contributed by atoms with Crippen LogP contribution >= 0.6 is 11.8 Å². The van der Waals surface area contributed by atoms with Gasteiger partial charge in [-0.2, -0.15) is 11.8 Å². The van der Waals surface area contributed by atoms with E-state index in [1.54, 1.807) is 12.1 Å². The van der Waals surface area contributed by atoms with Gasteiger partial charge < -0.3 is 10.1 Å². The molecule has 2 aliphatic rings. The second kappa shape index (κ2) is 6.35. The number of hydrogen-bond donors (Lipinski definition) is 1. The van der Waals surface area contributed by atoms with Gasteiger partial charge in [-0.1, -0.05) is 6.42 Å². The first-order chi connectivity index (χ1) is 9.74. The third-order valence-electron chi connectivity index (χ3n) is 4.36. The molecule has 1 N–H and O–H groups in total. The van der Waals surface area contributed by atoms with Gasteiger partial charge in [0.05, 0.1) is 0 Å². The smallest absolute Gasteiger partial charge is 0.123 e. The van der Waals surface area contributed by atoms with Crippen molar-refractivity contribution in [2.45, 2.75) is 49.5 Å². The number of halogens is 1. The van der Waals surface area contributed by atoms with Gasteiger partial charge in [0.15, 0.2) is 0 Å². The molecule has 0 amide bonds. The van der Waals surface area contributed by atoms with Crippen LogP contribution in [-0.2, 0) is 6.42 Å². The number of fused-ring (bicyclic) bond motifs is 1. The molecule has 0 aromatic heterocycles. The molecule has 1 aliphatic carbocycles. The third-order valence-corrected chi connectivity index (χ3v) is 5.45. The van der Waals surface area contributed by atoms with E-state index in [1.807, 2.05) is 11.8 Å². The summed E-state index contributed by atoms with van der Waals surface area (Å²) >= 11 is 1.99. The van der Waals surface area contributed by atoms with Gasteiger partial charge in [-0.25, -0.2) is 4.39 Å². The molecule has 0 bridgehead atoms. The highest BCUT2D eigenvalue weighted by atomic mass is 32.2. The fourth-order valence-electron chi connectivity index (χ4n) is 3.25. The van der Waals surface area contributed by atoms with E-state index in [1.165, 1.54) is 31.7 Å². The third kappa shape index (κ3) is 3.29. The van der Waals surface area contributed by atoms with Crippen LogP contribution in [-0.4, -0.2) is 30.2 Å². The molecule has 1 fully saturated rings. The van der Waals surface area contributed by atoms with E-state index in [9.17, 15) is 4.39 Å². The minimum Gasteiger partial charge on any atom is -0.488 e. The molecular formula is C16H22FNOS. The zero-order valence-corrected chi connectivity index (χ0v) is 12.7. The Balaban J connectivity index is 1.49. The molecule has 2 nitrogen and oxygen atoms in total. The molecule has 0 spiro atoms. The molecule has 3 atom stereocenters. The van der Waals surface area contributed by atoms with Crippen molar-refractivity contribution in [3.8, 4) is 5.75 Å². The summed E-state index contributed by atoms with van der Waals surface area (Å²) < 4.78 is 19.0. The average molecular weight is 295 g/mol. The molecule has 0 saturated heterocycles. The Morgan fingerprint density at radius 2 is 2.30 bits per heavy atom. The summed E-state index contributed by atoms with van der Waals surface area (Å²) in [5, 5.41) is 4.45. The summed E-state index contributed by atoms with van der Waals surface area (Å²) in [6.07, 6.45) is 8.38. The van der Waals surface area contributed by atoms with Gasteiger partial charge in [0.2, 0.25) is 0 Å². The van der Waals surface area contributed by atoms with Crippen molar-refractivity contribution in [1.29, 1.82) is 0 Å². The van der Waals surface area contributed by atoms with E-state index in [-0.39, 0.29) is 11.9 Å². The highest BCUT2D eigenvalue weighted by molar-refractivity contribution is 7.99. The minimum atomic E-state index is -0.170. The van der Waals surface area contributed by atoms with Crippen molar-refractivity contribution in [2.24, 2.45) is 0 Å². The van der Waals surface area contributed by atoms with Crippen LogP contribution in [0.4, 0.5) is 4.39 Å². The largest absolute Gasteiger partial charge is 0.488 e. The Morgan fingerprint density at radius 3 is 3.15 bits per heavy atom. The maximum Gasteiger partial charge on any atom is 0.123 e. The van der Waals surface area contributed by atoms with Gasteiger partial charge in [-0.05, 0) is 43.7 Å². The summed E-state index contributed by atoms with van der Waals surface area (Å²) in [5.74, 6) is 0.680. The number of rotatable bonds is 4. The van der Waals surface area contributed by atoms with Crippen LogP contribution in [0.3, 0.4) is 0 Å². The van der Waals surface area contributed by atoms with Crippen LogP contribution in [0.1, 0.15) is 31.2 Å². The van der Waals surface area contributed by atoms with Crippen LogP contribution in [0.25, 0.3) is 0 Å². The topological polar surface area (TPSA) is 21.3 Å². The van der Waals surface area contributed by atoms with Gasteiger partial charge in [-0.3, -0.25) is 0 Å². The van der Waals surface area contributed by atoms with Gasteiger partial charge in [-0.15, -0.1) is 0 Å². The summed E-state index contributed by atoms with van der Waals surface area (Å²) in [4.78, 5) is 0. The van der Waals surface area contributed by atoms with Crippen LogP contribution in [0.15, 0.2) is 18.2 Å². The van der Waals surface area contributed by atoms with Crippen molar-refractivity contribution >= 4 is 11.8 Å². The Bertz CT molecular complexity index is 468. The van der Waals surface area contributed by atoms with Gasteiger partial charge in [0.25, 0.3) is 0 Å². The first kappa shape index (κ1) is 14.2. The fourth-order valence-corrected chi connectivity index (χ4v) is 4.07. The monoisotopic (exact) mass is 295 g/mol. The van der Waals surface area contributed by atoms with E-state index in [0.29, 0.717) is 6.04 Å². The number of nitrogens with one attached hydrogen (secondary N) is 1. The first-order valence-corrected chi connectivity index (χ1v) is 8.74. The molecular weight excluding hydrogens is 273 g/mol. The molecule has 3 unspecified atom stereocenters. The lowest BCUT2D eigenvalue weighted by Crippen LogP contribution is -2.40. The zero-order valence-electron chi connectivity index (χ0n) is 11.9. The Hall–Kier alpha value is -0.740. The van der Waals surface area contributed by atoms with Gasteiger partial charge in [0, 0.05) is 29.8 Å². The molecule has 0 radical (unpaired) electrons. The average Bonchev–Trinajstić information content (AvgIpc) is 2.87. The maximum absolute atomic E-state index is 13.2. The lowest BCUT2D eigenvalue weighted by molar-refractivity contribution is 0.215. The Kier molecular flexibility index (Phi) is 4.51. The molecule has 20 heavy (non-hydrogen) atoms. The van der Waals surface area contributed by atoms with E-state index >= 15 is 0 Å². The van der Waals surface area contributed by atoms with Crippen LogP contribution in [0, 0.1) is 5.82 Å². The maximum atomic E-state index is 13.2. The minimum absolute atomic E-state index is 0.154. The van der Waals surface area contributed by atoms with E-state index in [0.717, 1.165) is 29.5 Å². The zero-order chi connectivity index (χ0) is 13.9. The Labute approximate surface area is 124 Å². The highest BCUT2D eigenvalue weighted by Crippen LogP contribution is 2.30. The predicted octanol–water partition coefficient (Wildman–Crippen LogP) is 3.39.